The summed E-state index contributed by atoms with van der Waals surface area (Å²) in [5, 5.41) is 18.4. The number of halogens is 2. The number of carbonyl (C=O) groups excluding carboxylic acids is 3. The molecule has 0 bridgehead atoms. The summed E-state index contributed by atoms with van der Waals surface area (Å²) in [5.74, 6) is -2.41. The summed E-state index contributed by atoms with van der Waals surface area (Å²) in [7, 11) is 0. The molecule has 8 nitrogen and oxygen atoms in total. The highest BCUT2D eigenvalue weighted by molar-refractivity contribution is 7.18. The van der Waals surface area contributed by atoms with Crippen molar-refractivity contribution in [2.24, 2.45) is 5.92 Å². The van der Waals surface area contributed by atoms with Crippen molar-refractivity contribution in [3.8, 4) is 0 Å². The fourth-order valence-electron chi connectivity index (χ4n) is 4.48. The molecule has 1 fully saturated rings. The van der Waals surface area contributed by atoms with Crippen LogP contribution in [0.5, 0.6) is 0 Å². The van der Waals surface area contributed by atoms with E-state index in [2.05, 4.69) is 10.6 Å². The molecule has 39 heavy (non-hydrogen) atoms. The normalized spacial score (nSPS) is 14.9. The van der Waals surface area contributed by atoms with E-state index < -0.39 is 12.0 Å². The number of carboxylic acid groups (broad SMARTS) is 1. The van der Waals surface area contributed by atoms with E-state index in [4.69, 9.17) is 23.2 Å². The van der Waals surface area contributed by atoms with Gasteiger partial charge in [0.2, 0.25) is 17.7 Å². The van der Waals surface area contributed by atoms with E-state index in [0.717, 1.165) is 10.1 Å². The van der Waals surface area contributed by atoms with Crippen molar-refractivity contribution in [3.63, 3.8) is 0 Å². The van der Waals surface area contributed by atoms with Gasteiger partial charge in [-0.05, 0) is 59.5 Å². The zero-order chi connectivity index (χ0) is 27.9. The molecular formula is C28H27Cl2N3O5S. The van der Waals surface area contributed by atoms with Gasteiger partial charge in [0.1, 0.15) is 0 Å². The molecule has 2 aromatic carbocycles. The van der Waals surface area contributed by atoms with Crippen molar-refractivity contribution in [2.75, 3.05) is 18.4 Å². The van der Waals surface area contributed by atoms with Gasteiger partial charge >= 0.3 is 5.97 Å². The van der Waals surface area contributed by atoms with Crippen molar-refractivity contribution in [2.45, 2.75) is 31.7 Å². The number of hydrogen-bond donors (Lipinski definition) is 3. The van der Waals surface area contributed by atoms with Gasteiger partial charge in [-0.25, -0.2) is 0 Å². The number of benzene rings is 2. The minimum absolute atomic E-state index is 0.168. The van der Waals surface area contributed by atoms with Crippen molar-refractivity contribution in [1.29, 1.82) is 0 Å². The van der Waals surface area contributed by atoms with E-state index in [0.29, 0.717) is 47.2 Å². The van der Waals surface area contributed by atoms with Gasteiger partial charge in [-0.2, -0.15) is 0 Å². The molecule has 3 aromatic rings. The summed E-state index contributed by atoms with van der Waals surface area (Å²) >= 11 is 14.3. The van der Waals surface area contributed by atoms with E-state index in [1.54, 1.807) is 35.2 Å². The Kier molecular flexibility index (Phi) is 9.61. The molecule has 0 spiro atoms. The molecule has 4 rings (SSSR count). The number of thiophene rings is 1. The van der Waals surface area contributed by atoms with Crippen LogP contribution in [0.3, 0.4) is 0 Å². The second-order valence-corrected chi connectivity index (χ2v) is 11.0. The van der Waals surface area contributed by atoms with Gasteiger partial charge in [-0.3, -0.25) is 19.2 Å². The van der Waals surface area contributed by atoms with Crippen molar-refractivity contribution >= 4 is 80.1 Å². The minimum atomic E-state index is -1.11. The highest BCUT2D eigenvalue weighted by Gasteiger charge is 2.29. The van der Waals surface area contributed by atoms with Crippen LogP contribution in [0.4, 0.5) is 5.69 Å². The van der Waals surface area contributed by atoms with Gasteiger partial charge in [-0.1, -0.05) is 41.4 Å². The number of nitrogens with one attached hydrogen (secondary N) is 2. The Labute approximate surface area is 239 Å². The summed E-state index contributed by atoms with van der Waals surface area (Å²) < 4.78 is 0.896. The maximum Gasteiger partial charge on any atom is 0.305 e. The Morgan fingerprint density at radius 2 is 1.77 bits per heavy atom. The van der Waals surface area contributed by atoms with Gasteiger partial charge in [0.05, 0.1) is 21.2 Å². The lowest BCUT2D eigenvalue weighted by molar-refractivity contribution is -0.138. The van der Waals surface area contributed by atoms with Gasteiger partial charge in [-0.15, -0.1) is 11.3 Å². The first kappa shape index (κ1) is 28.6. The number of hydrogen-bond acceptors (Lipinski definition) is 5. The molecule has 1 aromatic heterocycles. The SMILES string of the molecule is O=C(O)CC(CC(=O)Nc1ccccc1)NC(=O)C1CCN(C(=O)C=Cc2cc3ccsc3c(Cl)c2Cl)CC1. The smallest absolute Gasteiger partial charge is 0.305 e. The molecule has 0 saturated carbocycles. The zero-order valence-electron chi connectivity index (χ0n) is 20.9. The third-order valence-electron chi connectivity index (χ3n) is 6.49. The Morgan fingerprint density at radius 3 is 2.46 bits per heavy atom. The summed E-state index contributed by atoms with van der Waals surface area (Å²) in [6.45, 7) is 0.745. The first-order chi connectivity index (χ1) is 18.7. The largest absolute Gasteiger partial charge is 0.481 e. The van der Waals surface area contributed by atoms with Crippen LogP contribution >= 0.6 is 34.5 Å². The molecule has 3 N–H and O–H groups in total. The predicted octanol–water partition coefficient (Wildman–Crippen LogP) is 5.45. The number of amides is 3. The number of carbonyl (C=O) groups is 4. The number of para-hydroxylation sites is 1. The molecule has 1 aliphatic heterocycles. The van der Waals surface area contributed by atoms with E-state index in [1.165, 1.54) is 17.4 Å². The Hall–Kier alpha value is -3.40. The molecule has 0 radical (unpaired) electrons. The lowest BCUT2D eigenvalue weighted by Gasteiger charge is -2.31. The summed E-state index contributed by atoms with van der Waals surface area (Å²) in [6, 6.07) is 11.8. The van der Waals surface area contributed by atoms with Gasteiger partial charge in [0, 0.05) is 43.2 Å². The van der Waals surface area contributed by atoms with Crippen LogP contribution in [-0.4, -0.2) is 52.8 Å². The average molecular weight is 589 g/mol. The number of piperidine rings is 1. The molecule has 2 heterocycles. The van der Waals surface area contributed by atoms with Crippen LogP contribution in [-0.2, 0) is 19.2 Å². The quantitative estimate of drug-likeness (QED) is 0.288. The lowest BCUT2D eigenvalue weighted by atomic mass is 9.95. The van der Waals surface area contributed by atoms with E-state index in [9.17, 15) is 24.3 Å². The monoisotopic (exact) mass is 587 g/mol. The number of nitrogens with zero attached hydrogens (tertiary/aromatic N) is 1. The maximum atomic E-state index is 12.9. The van der Waals surface area contributed by atoms with E-state index >= 15 is 0 Å². The summed E-state index contributed by atoms with van der Waals surface area (Å²) in [4.78, 5) is 51.1. The first-order valence-electron chi connectivity index (χ1n) is 12.4. The third kappa shape index (κ3) is 7.59. The van der Waals surface area contributed by atoms with Gasteiger partial charge < -0.3 is 20.6 Å². The van der Waals surface area contributed by atoms with Crippen molar-refractivity contribution < 1.29 is 24.3 Å². The number of rotatable bonds is 9. The van der Waals surface area contributed by atoms with Crippen LogP contribution in [0, 0.1) is 5.92 Å². The number of carboxylic acids is 1. The molecule has 0 aliphatic carbocycles. The topological polar surface area (TPSA) is 116 Å². The van der Waals surface area contributed by atoms with Crippen LogP contribution in [0.1, 0.15) is 31.2 Å². The van der Waals surface area contributed by atoms with E-state index in [1.807, 2.05) is 23.6 Å². The predicted molar refractivity (Wildman–Crippen MR) is 154 cm³/mol. The number of anilines is 1. The lowest BCUT2D eigenvalue weighted by Crippen LogP contribution is -2.46. The van der Waals surface area contributed by atoms with Crippen LogP contribution < -0.4 is 10.6 Å². The number of aliphatic carboxylic acids is 1. The van der Waals surface area contributed by atoms with Crippen LogP contribution in [0.15, 0.2) is 53.9 Å². The molecule has 1 unspecified atom stereocenters. The molecule has 1 atom stereocenters. The summed E-state index contributed by atoms with van der Waals surface area (Å²) in [6.07, 6.45) is 3.40. The Balaban J connectivity index is 1.30. The highest BCUT2D eigenvalue weighted by atomic mass is 35.5. The van der Waals surface area contributed by atoms with Crippen molar-refractivity contribution in [1.82, 2.24) is 10.2 Å². The highest BCUT2D eigenvalue weighted by Crippen LogP contribution is 2.37. The fraction of sp³-hybridized carbons (Fsp3) is 0.286. The average Bonchev–Trinajstić information content (AvgIpc) is 3.38. The van der Waals surface area contributed by atoms with Gasteiger partial charge in [0.15, 0.2) is 0 Å². The molecule has 11 heteroatoms. The molecule has 204 valence electrons. The first-order valence-corrected chi connectivity index (χ1v) is 14.0. The molecular weight excluding hydrogens is 561 g/mol. The molecule has 1 aliphatic rings. The zero-order valence-corrected chi connectivity index (χ0v) is 23.2. The standard InChI is InChI=1S/C28H27Cl2N3O5S/c29-25-18(14-19-10-13-39-27(19)26(25)30)6-7-23(35)33-11-8-17(9-12-33)28(38)32-21(16-24(36)37)15-22(34)31-20-4-2-1-3-5-20/h1-7,10,13-14,17,21H,8-9,11-12,15-16H2,(H,31,34)(H,32,38)(H,36,37). The second kappa shape index (κ2) is 13.1. The third-order valence-corrected chi connectivity index (χ3v) is 8.43. The second-order valence-electron chi connectivity index (χ2n) is 9.29. The Morgan fingerprint density at radius 1 is 1.05 bits per heavy atom. The van der Waals surface area contributed by atoms with Crippen LogP contribution in [0.2, 0.25) is 10.0 Å². The summed E-state index contributed by atoms with van der Waals surface area (Å²) in [5.41, 5.74) is 1.24. The van der Waals surface area contributed by atoms with E-state index in [-0.39, 0.29) is 36.5 Å². The van der Waals surface area contributed by atoms with Crippen LogP contribution in [0.25, 0.3) is 16.2 Å². The maximum absolute atomic E-state index is 12.9. The minimum Gasteiger partial charge on any atom is -0.481 e. The van der Waals surface area contributed by atoms with Crippen molar-refractivity contribution in [3.05, 3.63) is 69.5 Å². The molecule has 3 amide bonds. The Bertz CT molecular complexity index is 1400. The number of likely N-dealkylation sites (tertiary alicyclic amines) is 1. The van der Waals surface area contributed by atoms with Gasteiger partial charge in [0.25, 0.3) is 0 Å². The molecule has 1 saturated heterocycles. The number of fused-ring (bicyclic) bond motifs is 1. The fourth-order valence-corrected chi connectivity index (χ4v) is 5.92.